The van der Waals surface area contributed by atoms with Gasteiger partial charge in [0.15, 0.2) is 11.8 Å². The lowest BCUT2D eigenvalue weighted by Gasteiger charge is -2.30. The van der Waals surface area contributed by atoms with E-state index < -0.39 is 23.9 Å². The molecule has 1 heterocycles. The van der Waals surface area contributed by atoms with Crippen LogP contribution in [-0.4, -0.2) is 36.0 Å². The number of hydrogen-bond donors (Lipinski definition) is 2. The van der Waals surface area contributed by atoms with Crippen LogP contribution in [0, 0.1) is 6.92 Å². The summed E-state index contributed by atoms with van der Waals surface area (Å²) in [5.74, 6) is -1.73. The van der Waals surface area contributed by atoms with Crippen LogP contribution in [0.1, 0.15) is 17.2 Å². The standard InChI is InChI=1S/C19H18N2O5/c1-12-7-8-15-14(9-12)21(11-17(23)26-15)10-16(22)20-18(19(24)25)13-5-3-2-4-6-13/h2-9,18H,10-11H2,1H3,(H,20,22)(H,24,25). The number of rotatable bonds is 5. The summed E-state index contributed by atoms with van der Waals surface area (Å²) in [6.07, 6.45) is 0. The van der Waals surface area contributed by atoms with Crippen LogP contribution in [0.3, 0.4) is 0 Å². The lowest BCUT2D eigenvalue weighted by Crippen LogP contribution is -2.45. The quantitative estimate of drug-likeness (QED) is 0.626. The number of ether oxygens (including phenoxy) is 1. The molecule has 1 aliphatic heterocycles. The molecule has 1 atom stereocenters. The number of hydrogen-bond acceptors (Lipinski definition) is 5. The van der Waals surface area contributed by atoms with Crippen LogP contribution < -0.4 is 15.0 Å². The molecule has 1 unspecified atom stereocenters. The first-order chi connectivity index (χ1) is 12.4. The number of aryl methyl sites for hydroxylation is 1. The van der Waals surface area contributed by atoms with E-state index in [-0.39, 0.29) is 13.1 Å². The van der Waals surface area contributed by atoms with Gasteiger partial charge < -0.3 is 20.1 Å². The van der Waals surface area contributed by atoms with Crippen LogP contribution in [0.15, 0.2) is 48.5 Å². The van der Waals surface area contributed by atoms with Crippen LogP contribution >= 0.6 is 0 Å². The van der Waals surface area contributed by atoms with E-state index in [0.717, 1.165) is 5.56 Å². The molecule has 3 rings (SSSR count). The van der Waals surface area contributed by atoms with Crippen molar-refractivity contribution in [3.05, 3.63) is 59.7 Å². The van der Waals surface area contributed by atoms with Crippen LogP contribution in [0.4, 0.5) is 5.69 Å². The molecule has 0 aromatic heterocycles. The monoisotopic (exact) mass is 354 g/mol. The van der Waals surface area contributed by atoms with E-state index in [9.17, 15) is 19.5 Å². The number of carbonyl (C=O) groups is 3. The van der Waals surface area contributed by atoms with Crippen LogP contribution in [0.5, 0.6) is 5.75 Å². The van der Waals surface area contributed by atoms with Gasteiger partial charge in [0, 0.05) is 0 Å². The van der Waals surface area contributed by atoms with E-state index in [1.165, 1.54) is 0 Å². The predicted octanol–water partition coefficient (Wildman–Crippen LogP) is 1.66. The highest BCUT2D eigenvalue weighted by Gasteiger charge is 2.28. The van der Waals surface area contributed by atoms with Crippen LogP contribution in [0.25, 0.3) is 0 Å². The highest BCUT2D eigenvalue weighted by molar-refractivity contribution is 5.91. The first kappa shape index (κ1) is 17.5. The summed E-state index contributed by atoms with van der Waals surface area (Å²) in [6.45, 7) is 1.67. The smallest absolute Gasteiger partial charge is 0.331 e. The van der Waals surface area contributed by atoms with Gasteiger partial charge in [0.25, 0.3) is 0 Å². The van der Waals surface area contributed by atoms with Gasteiger partial charge in [-0.15, -0.1) is 0 Å². The summed E-state index contributed by atoms with van der Waals surface area (Å²) >= 11 is 0. The molecule has 2 aromatic carbocycles. The zero-order valence-electron chi connectivity index (χ0n) is 14.1. The van der Waals surface area contributed by atoms with E-state index in [2.05, 4.69) is 5.32 Å². The highest BCUT2D eigenvalue weighted by atomic mass is 16.5. The average molecular weight is 354 g/mol. The summed E-state index contributed by atoms with van der Waals surface area (Å²) in [5.41, 5.74) is 2.06. The van der Waals surface area contributed by atoms with Gasteiger partial charge in [-0.05, 0) is 30.2 Å². The zero-order valence-corrected chi connectivity index (χ0v) is 14.1. The van der Waals surface area contributed by atoms with Gasteiger partial charge >= 0.3 is 11.9 Å². The third kappa shape index (κ3) is 3.83. The maximum Gasteiger partial charge on any atom is 0.331 e. The third-order valence-electron chi connectivity index (χ3n) is 4.02. The van der Waals surface area contributed by atoms with Gasteiger partial charge in [0.05, 0.1) is 12.2 Å². The second kappa shape index (κ2) is 7.26. The van der Waals surface area contributed by atoms with E-state index in [0.29, 0.717) is 17.0 Å². The van der Waals surface area contributed by atoms with Crippen LogP contribution in [0.2, 0.25) is 0 Å². The van der Waals surface area contributed by atoms with Crippen molar-refractivity contribution in [2.45, 2.75) is 13.0 Å². The Morgan fingerprint density at radius 1 is 1.23 bits per heavy atom. The lowest BCUT2D eigenvalue weighted by molar-refractivity contribution is -0.142. The molecule has 2 N–H and O–H groups in total. The van der Waals surface area contributed by atoms with Crippen molar-refractivity contribution in [3.8, 4) is 5.75 Å². The molecule has 134 valence electrons. The molecular formula is C19H18N2O5. The normalized spacial score (nSPS) is 14.2. The third-order valence-corrected chi connectivity index (χ3v) is 4.02. The molecule has 7 nitrogen and oxygen atoms in total. The van der Waals surface area contributed by atoms with Gasteiger partial charge in [0.1, 0.15) is 6.54 Å². The van der Waals surface area contributed by atoms with E-state index in [1.807, 2.05) is 19.1 Å². The number of carbonyl (C=O) groups excluding carboxylic acids is 2. The van der Waals surface area contributed by atoms with Crippen molar-refractivity contribution < 1.29 is 24.2 Å². The number of anilines is 1. The number of aliphatic carboxylic acids is 1. The number of carboxylic acid groups (broad SMARTS) is 1. The average Bonchev–Trinajstić information content (AvgIpc) is 2.60. The summed E-state index contributed by atoms with van der Waals surface area (Å²) in [5, 5.41) is 11.9. The molecule has 7 heteroatoms. The molecule has 0 bridgehead atoms. The molecular weight excluding hydrogens is 336 g/mol. The van der Waals surface area contributed by atoms with Gasteiger partial charge in [-0.25, -0.2) is 9.59 Å². The number of benzene rings is 2. The molecule has 26 heavy (non-hydrogen) atoms. The topological polar surface area (TPSA) is 95.9 Å². The molecule has 2 aromatic rings. The van der Waals surface area contributed by atoms with Crippen molar-refractivity contribution in [1.29, 1.82) is 0 Å². The van der Waals surface area contributed by atoms with Gasteiger partial charge in [-0.3, -0.25) is 4.79 Å². The molecule has 0 fully saturated rings. The molecule has 1 amide bonds. The van der Waals surface area contributed by atoms with E-state index >= 15 is 0 Å². The Morgan fingerprint density at radius 2 is 1.96 bits per heavy atom. The Labute approximate surface area is 150 Å². The lowest BCUT2D eigenvalue weighted by atomic mass is 10.1. The number of amides is 1. The Bertz CT molecular complexity index is 850. The molecule has 0 spiro atoms. The van der Waals surface area contributed by atoms with Crippen molar-refractivity contribution in [2.75, 3.05) is 18.0 Å². The number of nitrogens with one attached hydrogen (secondary N) is 1. The minimum absolute atomic E-state index is 0.0764. The first-order valence-corrected chi connectivity index (χ1v) is 8.07. The largest absolute Gasteiger partial charge is 0.479 e. The SMILES string of the molecule is Cc1ccc2c(c1)N(CC(=O)NC(C(=O)O)c1ccccc1)CC(=O)O2. The Morgan fingerprint density at radius 3 is 2.65 bits per heavy atom. The van der Waals surface area contributed by atoms with Gasteiger partial charge in [-0.1, -0.05) is 36.4 Å². The zero-order chi connectivity index (χ0) is 18.7. The highest BCUT2D eigenvalue weighted by Crippen LogP contribution is 2.32. The second-order valence-electron chi connectivity index (χ2n) is 6.05. The maximum atomic E-state index is 12.4. The van der Waals surface area contributed by atoms with E-state index in [4.69, 9.17) is 4.74 Å². The minimum Gasteiger partial charge on any atom is -0.479 e. The number of fused-ring (bicyclic) bond motifs is 1. The summed E-state index contributed by atoms with van der Waals surface area (Å²) < 4.78 is 5.18. The molecule has 0 aliphatic carbocycles. The van der Waals surface area contributed by atoms with Crippen LogP contribution in [-0.2, 0) is 14.4 Å². The number of nitrogens with zero attached hydrogens (tertiary/aromatic N) is 1. The van der Waals surface area contributed by atoms with Gasteiger partial charge in [-0.2, -0.15) is 0 Å². The number of carboxylic acids is 1. The fourth-order valence-corrected chi connectivity index (χ4v) is 2.81. The van der Waals surface area contributed by atoms with Gasteiger partial charge in [0.2, 0.25) is 5.91 Å². The summed E-state index contributed by atoms with van der Waals surface area (Å²) in [7, 11) is 0. The Hall–Kier alpha value is -3.35. The Kier molecular flexibility index (Phi) is 4.88. The number of esters is 1. The van der Waals surface area contributed by atoms with Crippen molar-refractivity contribution in [2.24, 2.45) is 0 Å². The fourth-order valence-electron chi connectivity index (χ4n) is 2.81. The maximum absolute atomic E-state index is 12.4. The van der Waals surface area contributed by atoms with Crippen molar-refractivity contribution in [1.82, 2.24) is 5.32 Å². The van der Waals surface area contributed by atoms with Crippen molar-refractivity contribution >= 4 is 23.5 Å². The molecule has 0 radical (unpaired) electrons. The summed E-state index contributed by atoms with van der Waals surface area (Å²) in [6, 6.07) is 12.6. The van der Waals surface area contributed by atoms with E-state index in [1.54, 1.807) is 41.3 Å². The minimum atomic E-state index is -1.16. The predicted molar refractivity (Wildman–Crippen MR) is 94.0 cm³/mol. The second-order valence-corrected chi connectivity index (χ2v) is 6.05. The molecule has 0 saturated heterocycles. The molecule has 0 saturated carbocycles. The van der Waals surface area contributed by atoms with Crippen molar-refractivity contribution in [3.63, 3.8) is 0 Å². The first-order valence-electron chi connectivity index (χ1n) is 8.07. The summed E-state index contributed by atoms with van der Waals surface area (Å²) in [4.78, 5) is 37.3. The molecule has 1 aliphatic rings. The fraction of sp³-hybridized carbons (Fsp3) is 0.211. The Balaban J connectivity index is 1.76.